The molecule has 2 heterocycles. The first kappa shape index (κ1) is 21.7. The molecule has 1 saturated heterocycles. The first-order valence-corrected chi connectivity index (χ1v) is 12.5. The molecule has 7 rings (SSSR count). The van der Waals surface area contributed by atoms with E-state index in [1.807, 2.05) is 12.1 Å². The van der Waals surface area contributed by atoms with E-state index in [0.717, 1.165) is 38.2 Å². The monoisotopic (exact) mass is 470 g/mol. The Hall–Kier alpha value is -3.60. The molecule has 1 fully saturated rings. The first-order valence-electron chi connectivity index (χ1n) is 12.5. The molecule has 0 saturated carbocycles. The zero-order valence-corrected chi connectivity index (χ0v) is 21.0. The number of para-hydroxylation sites is 1. The van der Waals surface area contributed by atoms with Crippen LogP contribution in [0.1, 0.15) is 27.7 Å². The van der Waals surface area contributed by atoms with Crippen molar-refractivity contribution in [3.8, 4) is 11.1 Å². The third kappa shape index (κ3) is 3.01. The second-order valence-corrected chi connectivity index (χ2v) is 10.8. The molecule has 3 nitrogen and oxygen atoms in total. The number of hydrogen-bond donors (Lipinski definition) is 0. The van der Waals surface area contributed by atoms with E-state index in [0.29, 0.717) is 0 Å². The molecule has 176 valence electrons. The molecule has 0 spiro atoms. The Morgan fingerprint density at radius 1 is 0.500 bits per heavy atom. The highest BCUT2D eigenvalue weighted by atomic mass is 16.7. The topological polar surface area (TPSA) is 31.6 Å². The van der Waals surface area contributed by atoms with Gasteiger partial charge in [-0.25, -0.2) is 0 Å². The molecule has 1 aliphatic heterocycles. The van der Waals surface area contributed by atoms with Gasteiger partial charge >= 0.3 is 7.12 Å². The summed E-state index contributed by atoms with van der Waals surface area (Å²) in [5, 5.41) is 6.93. The number of hydrogen-bond acceptors (Lipinski definition) is 3. The van der Waals surface area contributed by atoms with Crippen molar-refractivity contribution in [1.29, 1.82) is 0 Å². The Morgan fingerprint density at radius 2 is 1.06 bits per heavy atom. The van der Waals surface area contributed by atoms with Crippen LogP contribution in [0.2, 0.25) is 0 Å². The van der Waals surface area contributed by atoms with Crippen LogP contribution in [-0.2, 0) is 9.31 Å². The maximum absolute atomic E-state index is 6.42. The van der Waals surface area contributed by atoms with Crippen molar-refractivity contribution in [3.05, 3.63) is 91.0 Å². The van der Waals surface area contributed by atoms with Gasteiger partial charge < -0.3 is 13.7 Å². The van der Waals surface area contributed by atoms with Gasteiger partial charge in [-0.2, -0.15) is 0 Å². The molecule has 0 amide bonds. The van der Waals surface area contributed by atoms with E-state index < -0.39 is 7.12 Å². The Kier molecular flexibility index (Phi) is 4.49. The molecule has 1 aliphatic rings. The third-order valence-corrected chi connectivity index (χ3v) is 8.16. The third-order valence-electron chi connectivity index (χ3n) is 8.16. The quantitative estimate of drug-likeness (QED) is 0.242. The van der Waals surface area contributed by atoms with E-state index in [4.69, 9.17) is 13.7 Å². The lowest BCUT2D eigenvalue weighted by Gasteiger charge is -2.32. The normalized spacial score (nSPS) is 17.1. The fraction of sp³-hybridized carbons (Fsp3) is 0.188. The highest BCUT2D eigenvalue weighted by Gasteiger charge is 2.52. The van der Waals surface area contributed by atoms with Crippen molar-refractivity contribution in [2.45, 2.75) is 38.9 Å². The fourth-order valence-electron chi connectivity index (χ4n) is 5.51. The average molecular weight is 470 g/mol. The number of fused-ring (bicyclic) bond motifs is 6. The zero-order valence-electron chi connectivity index (χ0n) is 21.0. The molecule has 5 aromatic carbocycles. The summed E-state index contributed by atoms with van der Waals surface area (Å²) in [5.74, 6) is 0. The lowest BCUT2D eigenvalue weighted by Crippen LogP contribution is -2.41. The molecular formula is C32H27BO3. The molecule has 0 radical (unpaired) electrons. The van der Waals surface area contributed by atoms with Gasteiger partial charge in [0.2, 0.25) is 0 Å². The molecule has 0 unspecified atom stereocenters. The van der Waals surface area contributed by atoms with Crippen LogP contribution in [0, 0.1) is 0 Å². The first-order chi connectivity index (χ1) is 17.3. The predicted octanol–water partition coefficient (Wildman–Crippen LogP) is 7.86. The maximum Gasteiger partial charge on any atom is 0.495 e. The van der Waals surface area contributed by atoms with E-state index >= 15 is 0 Å². The summed E-state index contributed by atoms with van der Waals surface area (Å²) >= 11 is 0. The van der Waals surface area contributed by atoms with Crippen LogP contribution < -0.4 is 5.46 Å². The average Bonchev–Trinajstić information content (AvgIpc) is 3.36. The lowest BCUT2D eigenvalue weighted by molar-refractivity contribution is 0.00578. The molecule has 0 N–H and O–H groups in total. The summed E-state index contributed by atoms with van der Waals surface area (Å²) in [6.07, 6.45) is 0. The van der Waals surface area contributed by atoms with E-state index in [-0.39, 0.29) is 11.2 Å². The van der Waals surface area contributed by atoms with Gasteiger partial charge in [-0.15, -0.1) is 0 Å². The predicted molar refractivity (Wildman–Crippen MR) is 150 cm³/mol. The molecule has 0 bridgehead atoms. The van der Waals surface area contributed by atoms with Crippen LogP contribution in [0.25, 0.3) is 54.6 Å². The minimum atomic E-state index is -0.406. The van der Waals surface area contributed by atoms with E-state index in [2.05, 4.69) is 107 Å². The van der Waals surface area contributed by atoms with Gasteiger partial charge in [0.1, 0.15) is 11.2 Å². The van der Waals surface area contributed by atoms with Gasteiger partial charge in [0, 0.05) is 16.2 Å². The summed E-state index contributed by atoms with van der Waals surface area (Å²) in [6.45, 7) is 8.38. The largest absolute Gasteiger partial charge is 0.495 e. The number of benzene rings is 5. The van der Waals surface area contributed by atoms with Crippen molar-refractivity contribution in [2.24, 2.45) is 0 Å². The summed E-state index contributed by atoms with van der Waals surface area (Å²) in [7, 11) is -0.406. The number of furan rings is 1. The van der Waals surface area contributed by atoms with Crippen LogP contribution in [0.5, 0.6) is 0 Å². The molecule has 4 heteroatoms. The van der Waals surface area contributed by atoms with Gasteiger partial charge in [0.25, 0.3) is 0 Å². The number of rotatable bonds is 2. The van der Waals surface area contributed by atoms with E-state index in [1.165, 1.54) is 21.9 Å². The van der Waals surface area contributed by atoms with Crippen molar-refractivity contribution in [1.82, 2.24) is 0 Å². The van der Waals surface area contributed by atoms with Crippen LogP contribution in [-0.4, -0.2) is 18.3 Å². The standard InChI is InChI=1S/C32H27BO3/c1-31(2)32(3,4)36-33(35-31)28-19-18-22(21-10-5-6-11-24(21)28)20-13-9-14-26-23(20)16-17-27-25-12-7-8-15-29(25)34-30(26)27/h5-19H,1-4H3. The molecule has 1 aromatic heterocycles. The summed E-state index contributed by atoms with van der Waals surface area (Å²) in [6, 6.07) is 32.1. The van der Waals surface area contributed by atoms with Crippen molar-refractivity contribution >= 4 is 56.1 Å². The fourth-order valence-corrected chi connectivity index (χ4v) is 5.51. The van der Waals surface area contributed by atoms with Crippen molar-refractivity contribution < 1.29 is 13.7 Å². The molecule has 0 atom stereocenters. The zero-order chi connectivity index (χ0) is 24.7. The Labute approximate surface area is 210 Å². The smallest absolute Gasteiger partial charge is 0.455 e. The van der Waals surface area contributed by atoms with Crippen molar-refractivity contribution in [2.75, 3.05) is 0 Å². The second kappa shape index (κ2) is 7.46. The van der Waals surface area contributed by atoms with Crippen LogP contribution >= 0.6 is 0 Å². The van der Waals surface area contributed by atoms with E-state index in [9.17, 15) is 0 Å². The highest BCUT2D eigenvalue weighted by Crippen LogP contribution is 2.40. The van der Waals surface area contributed by atoms with E-state index in [1.54, 1.807) is 0 Å². The lowest BCUT2D eigenvalue weighted by atomic mass is 9.75. The Bertz CT molecular complexity index is 1800. The molecular weight excluding hydrogens is 443 g/mol. The molecule has 6 aromatic rings. The minimum Gasteiger partial charge on any atom is -0.455 e. The van der Waals surface area contributed by atoms with Crippen LogP contribution in [0.15, 0.2) is 95.4 Å². The van der Waals surface area contributed by atoms with Crippen LogP contribution in [0.4, 0.5) is 0 Å². The van der Waals surface area contributed by atoms with Crippen molar-refractivity contribution in [3.63, 3.8) is 0 Å². The van der Waals surface area contributed by atoms with Gasteiger partial charge in [-0.05, 0) is 72.6 Å². The van der Waals surface area contributed by atoms with Gasteiger partial charge in [-0.3, -0.25) is 0 Å². The minimum absolute atomic E-state index is 0.384. The highest BCUT2D eigenvalue weighted by molar-refractivity contribution is 6.65. The Morgan fingerprint density at radius 3 is 1.83 bits per heavy atom. The SMILES string of the molecule is CC1(C)OB(c2ccc(-c3cccc4c3ccc3c5ccccc5oc43)c3ccccc23)OC1(C)C. The van der Waals surface area contributed by atoms with Gasteiger partial charge in [-0.1, -0.05) is 78.9 Å². The maximum atomic E-state index is 6.42. The van der Waals surface area contributed by atoms with Gasteiger partial charge in [0.05, 0.1) is 11.2 Å². The summed E-state index contributed by atoms with van der Waals surface area (Å²) in [5.41, 5.74) is 4.53. The van der Waals surface area contributed by atoms with Gasteiger partial charge in [0.15, 0.2) is 0 Å². The molecule has 0 aliphatic carbocycles. The van der Waals surface area contributed by atoms with Crippen LogP contribution in [0.3, 0.4) is 0 Å². The summed E-state index contributed by atoms with van der Waals surface area (Å²) in [4.78, 5) is 0. The summed E-state index contributed by atoms with van der Waals surface area (Å²) < 4.78 is 19.2. The second-order valence-electron chi connectivity index (χ2n) is 10.8. The Balaban J connectivity index is 1.44. The molecule has 36 heavy (non-hydrogen) atoms.